The van der Waals surface area contributed by atoms with Crippen molar-refractivity contribution in [3.8, 4) is 0 Å². The molecule has 0 heterocycles. The molecule has 23 heavy (non-hydrogen) atoms. The van der Waals surface area contributed by atoms with Crippen LogP contribution in [0.25, 0.3) is 0 Å². The predicted octanol–water partition coefficient (Wildman–Crippen LogP) is 3.91. The lowest BCUT2D eigenvalue weighted by molar-refractivity contribution is -0.134. The van der Waals surface area contributed by atoms with Gasteiger partial charge in [0.2, 0.25) is 5.91 Å². The maximum atomic E-state index is 12.5. The molecule has 0 radical (unpaired) electrons. The summed E-state index contributed by atoms with van der Waals surface area (Å²) in [5.74, 6) is -0.0471. The van der Waals surface area contributed by atoms with Crippen molar-refractivity contribution in [3.63, 3.8) is 0 Å². The second-order valence-electron chi connectivity index (χ2n) is 6.03. The third-order valence-corrected chi connectivity index (χ3v) is 4.84. The second kappa shape index (κ2) is 6.73. The summed E-state index contributed by atoms with van der Waals surface area (Å²) < 4.78 is 0. The summed E-state index contributed by atoms with van der Waals surface area (Å²) in [6, 6.07) is 15.3. The number of aryl methyl sites for hydroxylation is 1. The highest BCUT2D eigenvalue weighted by Crippen LogP contribution is 2.35. The lowest BCUT2D eigenvalue weighted by Gasteiger charge is -2.26. The number of carbonyl (C=O) groups is 1. The van der Waals surface area contributed by atoms with Crippen LogP contribution in [0.15, 0.2) is 48.5 Å². The van der Waals surface area contributed by atoms with E-state index in [9.17, 15) is 9.90 Å². The van der Waals surface area contributed by atoms with Crippen LogP contribution in [-0.4, -0.2) is 23.0 Å². The molecule has 1 aliphatic carbocycles. The molecule has 1 aliphatic rings. The SMILES string of the molecule is CN(C(=O)CC(O)c1ccc(Cl)cc1)C1CCc2ccccc21. The Morgan fingerprint density at radius 2 is 1.96 bits per heavy atom. The molecule has 0 fully saturated rings. The predicted molar refractivity (Wildman–Crippen MR) is 91.3 cm³/mol. The molecule has 0 spiro atoms. The smallest absolute Gasteiger partial charge is 0.225 e. The Morgan fingerprint density at radius 1 is 1.26 bits per heavy atom. The van der Waals surface area contributed by atoms with Crippen LogP contribution < -0.4 is 0 Å². The number of rotatable bonds is 4. The van der Waals surface area contributed by atoms with E-state index >= 15 is 0 Å². The monoisotopic (exact) mass is 329 g/mol. The molecule has 4 heteroatoms. The van der Waals surface area contributed by atoms with Crippen molar-refractivity contribution in [3.05, 3.63) is 70.2 Å². The summed E-state index contributed by atoms with van der Waals surface area (Å²) in [5, 5.41) is 10.9. The summed E-state index contributed by atoms with van der Waals surface area (Å²) in [4.78, 5) is 14.3. The van der Waals surface area contributed by atoms with E-state index in [1.165, 1.54) is 11.1 Å². The Kier molecular flexibility index (Phi) is 4.69. The van der Waals surface area contributed by atoms with Crippen molar-refractivity contribution >= 4 is 17.5 Å². The summed E-state index contributed by atoms with van der Waals surface area (Å²) in [5.41, 5.74) is 3.25. The fourth-order valence-corrected chi connectivity index (χ4v) is 3.35. The van der Waals surface area contributed by atoms with Crippen LogP contribution in [0.5, 0.6) is 0 Å². The van der Waals surface area contributed by atoms with Crippen molar-refractivity contribution < 1.29 is 9.90 Å². The molecule has 2 atom stereocenters. The van der Waals surface area contributed by atoms with E-state index in [-0.39, 0.29) is 18.4 Å². The van der Waals surface area contributed by atoms with Gasteiger partial charge in [0.25, 0.3) is 0 Å². The molecular weight excluding hydrogens is 310 g/mol. The van der Waals surface area contributed by atoms with Gasteiger partial charge in [0, 0.05) is 12.1 Å². The minimum Gasteiger partial charge on any atom is -0.388 e. The normalized spacial score (nSPS) is 17.6. The molecule has 3 rings (SSSR count). The Morgan fingerprint density at radius 3 is 2.70 bits per heavy atom. The van der Waals surface area contributed by atoms with Gasteiger partial charge < -0.3 is 10.0 Å². The average Bonchev–Trinajstić information content (AvgIpc) is 2.98. The van der Waals surface area contributed by atoms with Crippen molar-refractivity contribution in [2.24, 2.45) is 0 Å². The number of hydrogen-bond acceptors (Lipinski definition) is 2. The fraction of sp³-hybridized carbons (Fsp3) is 0.316. The van der Waals surface area contributed by atoms with Crippen molar-refractivity contribution in [1.29, 1.82) is 0 Å². The molecule has 1 N–H and O–H groups in total. The lowest BCUT2D eigenvalue weighted by atomic mass is 10.0. The molecule has 0 aliphatic heterocycles. The van der Waals surface area contributed by atoms with E-state index in [4.69, 9.17) is 11.6 Å². The van der Waals surface area contributed by atoms with Gasteiger partial charge in [-0.3, -0.25) is 4.79 Å². The van der Waals surface area contributed by atoms with E-state index in [0.29, 0.717) is 10.6 Å². The van der Waals surface area contributed by atoms with E-state index < -0.39 is 6.10 Å². The zero-order valence-electron chi connectivity index (χ0n) is 13.1. The van der Waals surface area contributed by atoms with Gasteiger partial charge in [-0.15, -0.1) is 0 Å². The minimum absolute atomic E-state index is 0.0471. The number of nitrogens with zero attached hydrogens (tertiary/aromatic N) is 1. The second-order valence-corrected chi connectivity index (χ2v) is 6.47. The van der Waals surface area contributed by atoms with Crippen LogP contribution in [0.3, 0.4) is 0 Å². The van der Waals surface area contributed by atoms with Crippen LogP contribution in [0.4, 0.5) is 0 Å². The van der Waals surface area contributed by atoms with E-state index in [0.717, 1.165) is 12.8 Å². The van der Waals surface area contributed by atoms with Gasteiger partial charge in [-0.1, -0.05) is 48.0 Å². The molecule has 2 aromatic rings. The topological polar surface area (TPSA) is 40.5 Å². The van der Waals surface area contributed by atoms with Crippen LogP contribution in [0.2, 0.25) is 5.02 Å². The third kappa shape index (κ3) is 3.41. The number of halogens is 1. The van der Waals surface area contributed by atoms with Gasteiger partial charge in [-0.2, -0.15) is 0 Å². The molecule has 0 bridgehead atoms. The van der Waals surface area contributed by atoms with Crippen molar-refractivity contribution in [2.45, 2.75) is 31.4 Å². The van der Waals surface area contributed by atoms with Gasteiger partial charge in [-0.05, 0) is 41.7 Å². The number of hydrogen-bond donors (Lipinski definition) is 1. The van der Waals surface area contributed by atoms with Gasteiger partial charge in [-0.25, -0.2) is 0 Å². The number of benzene rings is 2. The summed E-state index contributed by atoms with van der Waals surface area (Å²) in [7, 11) is 1.82. The maximum Gasteiger partial charge on any atom is 0.225 e. The van der Waals surface area contributed by atoms with Gasteiger partial charge >= 0.3 is 0 Å². The summed E-state index contributed by atoms with van der Waals surface area (Å²) in [6.45, 7) is 0. The Hall–Kier alpha value is -1.84. The number of amides is 1. The largest absolute Gasteiger partial charge is 0.388 e. The first-order valence-corrected chi connectivity index (χ1v) is 8.21. The Balaban J connectivity index is 1.67. The van der Waals surface area contributed by atoms with Crippen LogP contribution >= 0.6 is 11.6 Å². The molecule has 2 unspecified atom stereocenters. The van der Waals surface area contributed by atoms with Crippen molar-refractivity contribution in [1.82, 2.24) is 4.90 Å². The molecule has 3 nitrogen and oxygen atoms in total. The zero-order chi connectivity index (χ0) is 16.4. The lowest BCUT2D eigenvalue weighted by Crippen LogP contribution is -2.31. The highest BCUT2D eigenvalue weighted by Gasteiger charge is 2.29. The Labute approximate surface area is 141 Å². The molecular formula is C19H20ClNO2. The van der Waals surface area contributed by atoms with Gasteiger partial charge in [0.1, 0.15) is 0 Å². The number of aliphatic hydroxyl groups is 1. The molecule has 0 saturated carbocycles. The van der Waals surface area contributed by atoms with E-state index in [1.807, 2.05) is 19.2 Å². The molecule has 2 aromatic carbocycles. The van der Waals surface area contributed by atoms with Crippen LogP contribution in [-0.2, 0) is 11.2 Å². The third-order valence-electron chi connectivity index (χ3n) is 4.58. The van der Waals surface area contributed by atoms with Gasteiger partial charge in [0.05, 0.1) is 18.6 Å². The van der Waals surface area contributed by atoms with E-state index in [2.05, 4.69) is 12.1 Å². The van der Waals surface area contributed by atoms with E-state index in [1.54, 1.807) is 29.2 Å². The quantitative estimate of drug-likeness (QED) is 0.924. The zero-order valence-corrected chi connectivity index (χ0v) is 13.8. The summed E-state index contributed by atoms with van der Waals surface area (Å²) in [6.07, 6.45) is 1.21. The molecule has 1 amide bonds. The first-order valence-electron chi connectivity index (χ1n) is 7.83. The maximum absolute atomic E-state index is 12.5. The number of carbonyl (C=O) groups excluding carboxylic acids is 1. The van der Waals surface area contributed by atoms with Crippen LogP contribution in [0, 0.1) is 0 Å². The standard InChI is InChI=1S/C19H20ClNO2/c1-21(17-11-8-13-4-2-3-5-16(13)17)19(23)12-18(22)14-6-9-15(20)10-7-14/h2-7,9-10,17-18,22H,8,11-12H2,1H3. The minimum atomic E-state index is -0.807. The molecule has 0 aromatic heterocycles. The average molecular weight is 330 g/mol. The van der Waals surface area contributed by atoms with Gasteiger partial charge in [0.15, 0.2) is 0 Å². The van der Waals surface area contributed by atoms with Crippen LogP contribution in [0.1, 0.15) is 41.7 Å². The van der Waals surface area contributed by atoms with Crippen molar-refractivity contribution in [2.75, 3.05) is 7.05 Å². The first-order chi connectivity index (χ1) is 11.1. The molecule has 120 valence electrons. The first kappa shape index (κ1) is 16.0. The molecule has 0 saturated heterocycles. The number of aliphatic hydroxyl groups excluding tert-OH is 1. The highest BCUT2D eigenvalue weighted by molar-refractivity contribution is 6.30. The highest BCUT2D eigenvalue weighted by atomic mass is 35.5. The number of fused-ring (bicyclic) bond motifs is 1. The fourth-order valence-electron chi connectivity index (χ4n) is 3.22. The Bertz CT molecular complexity index is 699. The summed E-state index contributed by atoms with van der Waals surface area (Å²) >= 11 is 5.85.